The van der Waals surface area contributed by atoms with E-state index in [4.69, 9.17) is 19.6 Å². The lowest BCUT2D eigenvalue weighted by molar-refractivity contribution is 0.0713. The van der Waals surface area contributed by atoms with Gasteiger partial charge in [-0.05, 0) is 37.8 Å². The van der Waals surface area contributed by atoms with Gasteiger partial charge in [-0.15, -0.1) is 0 Å². The Balaban J connectivity index is 1.76. The minimum Gasteiger partial charge on any atom is -0.384 e. The van der Waals surface area contributed by atoms with Crippen LogP contribution in [0.4, 0.5) is 0 Å². The Morgan fingerprint density at radius 3 is 2.58 bits per heavy atom. The molecular formula is C19H25N3O2. The predicted molar refractivity (Wildman–Crippen MR) is 91.6 cm³/mol. The summed E-state index contributed by atoms with van der Waals surface area (Å²) >= 11 is 0. The highest BCUT2D eigenvalue weighted by atomic mass is 16.5. The molecule has 5 nitrogen and oxygen atoms in total. The third kappa shape index (κ3) is 2.76. The number of methoxy groups -OCH3 is 1. The minimum atomic E-state index is 0.0149. The van der Waals surface area contributed by atoms with Crippen LogP contribution in [0.5, 0.6) is 0 Å². The van der Waals surface area contributed by atoms with Crippen LogP contribution in [0, 0.1) is 0 Å². The van der Waals surface area contributed by atoms with E-state index in [-0.39, 0.29) is 5.41 Å². The third-order valence-corrected chi connectivity index (χ3v) is 5.42. The smallest absolute Gasteiger partial charge is 0.154 e. The van der Waals surface area contributed by atoms with Crippen LogP contribution in [0.15, 0.2) is 30.3 Å². The summed E-state index contributed by atoms with van der Waals surface area (Å²) in [5, 5.41) is 4.93. The molecular weight excluding hydrogens is 302 g/mol. The number of para-hydroxylation sites is 1. The van der Waals surface area contributed by atoms with Gasteiger partial charge in [0.15, 0.2) is 5.82 Å². The van der Waals surface area contributed by atoms with Crippen molar-refractivity contribution in [3.63, 3.8) is 0 Å². The monoisotopic (exact) mass is 327 g/mol. The molecule has 1 aliphatic heterocycles. The van der Waals surface area contributed by atoms with Crippen LogP contribution in [0.3, 0.4) is 0 Å². The van der Waals surface area contributed by atoms with Crippen molar-refractivity contribution in [3.8, 4) is 5.69 Å². The van der Waals surface area contributed by atoms with Crippen molar-refractivity contribution in [2.24, 2.45) is 0 Å². The highest BCUT2D eigenvalue weighted by molar-refractivity contribution is 5.34. The van der Waals surface area contributed by atoms with Gasteiger partial charge in [-0.2, -0.15) is 5.10 Å². The first kappa shape index (κ1) is 15.8. The van der Waals surface area contributed by atoms with Gasteiger partial charge >= 0.3 is 0 Å². The van der Waals surface area contributed by atoms with Crippen LogP contribution in [0.2, 0.25) is 0 Å². The van der Waals surface area contributed by atoms with E-state index in [1.54, 1.807) is 7.11 Å². The Morgan fingerprint density at radius 1 is 1.21 bits per heavy atom. The van der Waals surface area contributed by atoms with Gasteiger partial charge in [-0.25, -0.2) is 9.67 Å². The zero-order valence-electron chi connectivity index (χ0n) is 14.3. The van der Waals surface area contributed by atoms with Crippen molar-refractivity contribution >= 4 is 0 Å². The number of benzene rings is 1. The molecule has 1 aromatic heterocycles. The van der Waals surface area contributed by atoms with Gasteiger partial charge in [-0.1, -0.05) is 24.6 Å². The first-order valence-electron chi connectivity index (χ1n) is 8.92. The van der Waals surface area contributed by atoms with Gasteiger partial charge in [0.2, 0.25) is 0 Å². The molecule has 1 aliphatic carbocycles. The van der Waals surface area contributed by atoms with E-state index in [1.165, 1.54) is 6.42 Å². The molecule has 2 fully saturated rings. The van der Waals surface area contributed by atoms with Crippen molar-refractivity contribution < 1.29 is 9.47 Å². The number of hydrogen-bond acceptors (Lipinski definition) is 4. The molecule has 0 bridgehead atoms. The lowest BCUT2D eigenvalue weighted by atomic mass is 9.68. The summed E-state index contributed by atoms with van der Waals surface area (Å²) in [6, 6.07) is 10.3. The van der Waals surface area contributed by atoms with Gasteiger partial charge in [0.05, 0.1) is 17.7 Å². The largest absolute Gasteiger partial charge is 0.384 e. The zero-order valence-corrected chi connectivity index (χ0v) is 14.3. The maximum Gasteiger partial charge on any atom is 0.154 e. The molecule has 1 aromatic carbocycles. The van der Waals surface area contributed by atoms with E-state index < -0.39 is 0 Å². The minimum absolute atomic E-state index is 0.0149. The lowest BCUT2D eigenvalue weighted by Crippen LogP contribution is -2.41. The average molecular weight is 327 g/mol. The van der Waals surface area contributed by atoms with Gasteiger partial charge in [0.25, 0.3) is 0 Å². The normalized spacial score (nSPS) is 20.7. The van der Waals surface area contributed by atoms with Gasteiger partial charge in [0.1, 0.15) is 5.82 Å². The standard InChI is InChI=1S/C19H25N3O2/c1-23-14-19(10-5-11-19)18-20-17(15-8-12-24-13-9-15)21-22(18)16-6-3-2-4-7-16/h2-4,6-7,15H,5,8-14H2,1H3. The van der Waals surface area contributed by atoms with Gasteiger partial charge < -0.3 is 9.47 Å². The fourth-order valence-corrected chi connectivity index (χ4v) is 3.86. The van der Waals surface area contributed by atoms with Crippen LogP contribution in [0.25, 0.3) is 5.69 Å². The molecule has 24 heavy (non-hydrogen) atoms. The quantitative estimate of drug-likeness (QED) is 0.846. The van der Waals surface area contributed by atoms with Crippen molar-refractivity contribution in [2.75, 3.05) is 26.9 Å². The molecule has 0 radical (unpaired) electrons. The Morgan fingerprint density at radius 2 is 1.96 bits per heavy atom. The maximum atomic E-state index is 5.55. The number of hydrogen-bond donors (Lipinski definition) is 0. The predicted octanol–water partition coefficient (Wildman–Crippen LogP) is 3.23. The molecule has 0 amide bonds. The van der Waals surface area contributed by atoms with Gasteiger partial charge in [-0.3, -0.25) is 0 Å². The topological polar surface area (TPSA) is 49.2 Å². The van der Waals surface area contributed by atoms with E-state index in [2.05, 4.69) is 28.9 Å². The van der Waals surface area contributed by atoms with Crippen LogP contribution in [-0.2, 0) is 14.9 Å². The summed E-state index contributed by atoms with van der Waals surface area (Å²) in [5.41, 5.74) is 1.10. The molecule has 128 valence electrons. The fraction of sp³-hybridized carbons (Fsp3) is 0.579. The summed E-state index contributed by atoms with van der Waals surface area (Å²) in [5.74, 6) is 2.45. The summed E-state index contributed by atoms with van der Waals surface area (Å²) in [6.07, 6.45) is 5.50. The molecule has 1 saturated heterocycles. The highest BCUT2D eigenvalue weighted by Gasteiger charge is 2.44. The molecule has 1 saturated carbocycles. The van der Waals surface area contributed by atoms with E-state index in [0.717, 1.165) is 56.2 Å². The first-order chi connectivity index (χ1) is 11.8. The number of ether oxygens (including phenoxy) is 2. The summed E-state index contributed by atoms with van der Waals surface area (Å²) in [7, 11) is 1.78. The van der Waals surface area contributed by atoms with E-state index in [1.807, 2.05) is 6.07 Å². The molecule has 4 rings (SSSR count). The summed E-state index contributed by atoms with van der Waals surface area (Å²) < 4.78 is 13.1. The molecule has 0 N–H and O–H groups in total. The van der Waals surface area contributed by atoms with E-state index in [0.29, 0.717) is 12.5 Å². The van der Waals surface area contributed by atoms with Crippen molar-refractivity contribution in [2.45, 2.75) is 43.4 Å². The number of nitrogens with zero attached hydrogens (tertiary/aromatic N) is 3. The summed E-state index contributed by atoms with van der Waals surface area (Å²) in [4.78, 5) is 5.04. The van der Waals surface area contributed by atoms with Crippen molar-refractivity contribution in [3.05, 3.63) is 42.0 Å². The number of aromatic nitrogens is 3. The first-order valence-corrected chi connectivity index (χ1v) is 8.92. The van der Waals surface area contributed by atoms with Crippen LogP contribution in [-0.4, -0.2) is 41.7 Å². The Labute approximate surface area is 143 Å². The van der Waals surface area contributed by atoms with Crippen LogP contribution >= 0.6 is 0 Å². The second-order valence-electron chi connectivity index (χ2n) is 6.99. The highest BCUT2D eigenvalue weighted by Crippen LogP contribution is 2.44. The third-order valence-electron chi connectivity index (χ3n) is 5.42. The summed E-state index contributed by atoms with van der Waals surface area (Å²) in [6.45, 7) is 2.33. The SMILES string of the molecule is COCC1(c2nc(C3CCOCC3)nn2-c2ccccc2)CCC1. The van der Waals surface area contributed by atoms with Crippen molar-refractivity contribution in [1.29, 1.82) is 0 Å². The average Bonchev–Trinajstić information content (AvgIpc) is 3.05. The van der Waals surface area contributed by atoms with Crippen LogP contribution < -0.4 is 0 Å². The Bertz CT molecular complexity index is 673. The molecule has 0 atom stereocenters. The molecule has 0 spiro atoms. The van der Waals surface area contributed by atoms with Crippen LogP contribution in [0.1, 0.15) is 49.7 Å². The molecule has 0 unspecified atom stereocenters. The fourth-order valence-electron chi connectivity index (χ4n) is 3.86. The zero-order chi connectivity index (χ0) is 16.4. The van der Waals surface area contributed by atoms with Gasteiger partial charge in [0, 0.05) is 26.2 Å². The van der Waals surface area contributed by atoms with Crippen molar-refractivity contribution in [1.82, 2.24) is 14.8 Å². The lowest BCUT2D eigenvalue weighted by Gasteiger charge is -2.40. The Hall–Kier alpha value is -1.72. The molecule has 5 heteroatoms. The second-order valence-corrected chi connectivity index (χ2v) is 6.99. The number of rotatable bonds is 5. The maximum absolute atomic E-state index is 5.55. The second kappa shape index (κ2) is 6.65. The molecule has 2 aromatic rings. The molecule has 2 heterocycles. The molecule has 2 aliphatic rings. The Kier molecular flexibility index (Phi) is 4.37. The van der Waals surface area contributed by atoms with E-state index >= 15 is 0 Å². The van der Waals surface area contributed by atoms with E-state index in [9.17, 15) is 0 Å².